The molecule has 1 fully saturated rings. The normalized spacial score (nSPS) is 15.3. The van der Waals surface area contributed by atoms with Crippen LogP contribution in [0.4, 0.5) is 0 Å². The minimum atomic E-state index is 0.578. The van der Waals surface area contributed by atoms with Crippen LogP contribution in [-0.2, 0) is 6.54 Å². The largest absolute Gasteiger partial charge is 0.304 e. The standard InChI is InChI=1S/C24H24N4/c1-27-11-13-28(14-12-27)18-19-7-9-22(10-8-19)24-23(15-20(16-25)17-26-24)21-5-3-2-4-6-21/h2-10,15,17H,11-14,18H2,1H3. The summed E-state index contributed by atoms with van der Waals surface area (Å²) in [5.74, 6) is 0. The van der Waals surface area contributed by atoms with E-state index in [-0.39, 0.29) is 0 Å². The highest BCUT2D eigenvalue weighted by molar-refractivity contribution is 5.81. The molecule has 0 radical (unpaired) electrons. The van der Waals surface area contributed by atoms with Gasteiger partial charge in [-0.1, -0.05) is 54.6 Å². The first kappa shape index (κ1) is 18.4. The van der Waals surface area contributed by atoms with Crippen molar-refractivity contribution < 1.29 is 0 Å². The molecule has 1 saturated heterocycles. The minimum Gasteiger partial charge on any atom is -0.304 e. The zero-order valence-electron chi connectivity index (χ0n) is 16.2. The van der Waals surface area contributed by atoms with Gasteiger partial charge >= 0.3 is 0 Å². The van der Waals surface area contributed by atoms with Crippen molar-refractivity contribution in [2.24, 2.45) is 0 Å². The first-order valence-electron chi connectivity index (χ1n) is 9.69. The highest BCUT2D eigenvalue weighted by atomic mass is 15.2. The van der Waals surface area contributed by atoms with E-state index in [0.717, 1.165) is 55.1 Å². The molecule has 0 atom stereocenters. The summed E-state index contributed by atoms with van der Waals surface area (Å²) < 4.78 is 0. The summed E-state index contributed by atoms with van der Waals surface area (Å²) in [5, 5.41) is 9.28. The Balaban J connectivity index is 1.60. The molecule has 0 bridgehead atoms. The number of nitriles is 1. The van der Waals surface area contributed by atoms with E-state index >= 15 is 0 Å². The van der Waals surface area contributed by atoms with Gasteiger partial charge in [-0.25, -0.2) is 0 Å². The number of nitrogens with zero attached hydrogens (tertiary/aromatic N) is 4. The molecule has 28 heavy (non-hydrogen) atoms. The van der Waals surface area contributed by atoms with Crippen molar-refractivity contribution in [1.29, 1.82) is 5.26 Å². The van der Waals surface area contributed by atoms with Crippen LogP contribution in [-0.4, -0.2) is 48.0 Å². The van der Waals surface area contributed by atoms with Gasteiger partial charge in [-0.05, 0) is 24.2 Å². The molecule has 4 rings (SSSR count). The third kappa shape index (κ3) is 4.12. The first-order valence-corrected chi connectivity index (χ1v) is 9.69. The summed E-state index contributed by atoms with van der Waals surface area (Å²) in [4.78, 5) is 9.49. The topological polar surface area (TPSA) is 43.2 Å². The highest BCUT2D eigenvalue weighted by Gasteiger charge is 2.14. The Morgan fingerprint density at radius 1 is 0.929 bits per heavy atom. The average Bonchev–Trinajstić information content (AvgIpc) is 2.76. The molecule has 3 aromatic rings. The summed E-state index contributed by atoms with van der Waals surface area (Å²) in [6.07, 6.45) is 1.65. The Morgan fingerprint density at radius 3 is 2.32 bits per heavy atom. The molecule has 0 unspecified atom stereocenters. The van der Waals surface area contributed by atoms with E-state index in [1.807, 2.05) is 24.3 Å². The van der Waals surface area contributed by atoms with Gasteiger partial charge in [0.15, 0.2) is 0 Å². The number of benzene rings is 2. The predicted molar refractivity (Wildman–Crippen MR) is 113 cm³/mol. The zero-order chi connectivity index (χ0) is 19.3. The lowest BCUT2D eigenvalue weighted by molar-refractivity contribution is 0.148. The van der Waals surface area contributed by atoms with Crippen molar-refractivity contribution in [3.05, 3.63) is 78.0 Å². The highest BCUT2D eigenvalue weighted by Crippen LogP contribution is 2.31. The van der Waals surface area contributed by atoms with E-state index in [1.165, 1.54) is 5.56 Å². The van der Waals surface area contributed by atoms with Crippen molar-refractivity contribution >= 4 is 0 Å². The fourth-order valence-electron chi connectivity index (χ4n) is 3.63. The van der Waals surface area contributed by atoms with Crippen LogP contribution in [0.5, 0.6) is 0 Å². The number of hydrogen-bond donors (Lipinski definition) is 0. The number of rotatable bonds is 4. The Hall–Kier alpha value is -3.00. The lowest BCUT2D eigenvalue weighted by Crippen LogP contribution is -2.43. The van der Waals surface area contributed by atoms with Crippen molar-refractivity contribution in [2.75, 3.05) is 33.2 Å². The Morgan fingerprint density at radius 2 is 1.64 bits per heavy atom. The molecule has 1 aliphatic heterocycles. The zero-order valence-corrected chi connectivity index (χ0v) is 16.2. The van der Waals surface area contributed by atoms with Crippen molar-refractivity contribution in [1.82, 2.24) is 14.8 Å². The number of likely N-dealkylation sites (N-methyl/N-ethyl adjacent to an activating group) is 1. The number of piperazine rings is 1. The first-order chi connectivity index (χ1) is 13.7. The predicted octanol–water partition coefficient (Wildman–Crippen LogP) is 4.03. The molecular weight excluding hydrogens is 344 g/mol. The molecule has 0 spiro atoms. The minimum absolute atomic E-state index is 0.578. The lowest BCUT2D eigenvalue weighted by Gasteiger charge is -2.32. The molecule has 140 valence electrons. The van der Waals surface area contributed by atoms with E-state index in [4.69, 9.17) is 0 Å². The van der Waals surface area contributed by atoms with Gasteiger partial charge in [0.05, 0.1) is 11.3 Å². The van der Waals surface area contributed by atoms with E-state index in [2.05, 4.69) is 64.3 Å². The number of aromatic nitrogens is 1. The summed E-state index contributed by atoms with van der Waals surface area (Å²) in [7, 11) is 2.18. The van der Waals surface area contributed by atoms with E-state index in [9.17, 15) is 5.26 Å². The van der Waals surface area contributed by atoms with Crippen LogP contribution in [0.25, 0.3) is 22.4 Å². The molecule has 4 heteroatoms. The summed E-state index contributed by atoms with van der Waals surface area (Å²) in [5.41, 5.74) is 5.95. The number of hydrogen-bond acceptors (Lipinski definition) is 4. The van der Waals surface area contributed by atoms with Crippen LogP contribution in [0.1, 0.15) is 11.1 Å². The van der Waals surface area contributed by atoms with Crippen LogP contribution in [0.3, 0.4) is 0 Å². The molecule has 0 N–H and O–H groups in total. The van der Waals surface area contributed by atoms with Crippen LogP contribution in [0.15, 0.2) is 66.9 Å². The smallest absolute Gasteiger partial charge is 0.101 e. The van der Waals surface area contributed by atoms with E-state index < -0.39 is 0 Å². The number of pyridine rings is 1. The van der Waals surface area contributed by atoms with Crippen molar-refractivity contribution in [3.8, 4) is 28.5 Å². The van der Waals surface area contributed by atoms with Gasteiger partial charge in [0.1, 0.15) is 6.07 Å². The molecule has 1 aromatic heterocycles. The lowest BCUT2D eigenvalue weighted by atomic mass is 9.97. The van der Waals surface area contributed by atoms with Crippen molar-refractivity contribution in [2.45, 2.75) is 6.54 Å². The Bertz CT molecular complexity index is 966. The summed E-state index contributed by atoms with van der Waals surface area (Å²) >= 11 is 0. The van der Waals surface area contributed by atoms with Crippen LogP contribution >= 0.6 is 0 Å². The maximum atomic E-state index is 9.28. The summed E-state index contributed by atoms with van der Waals surface area (Å²) in [6.45, 7) is 5.49. The maximum absolute atomic E-state index is 9.28. The fourth-order valence-corrected chi connectivity index (χ4v) is 3.63. The van der Waals surface area contributed by atoms with Crippen LogP contribution < -0.4 is 0 Å². The van der Waals surface area contributed by atoms with Gasteiger partial charge in [-0.3, -0.25) is 9.88 Å². The van der Waals surface area contributed by atoms with Crippen LogP contribution in [0, 0.1) is 11.3 Å². The fraction of sp³-hybridized carbons (Fsp3) is 0.250. The van der Waals surface area contributed by atoms with Gasteiger partial charge in [-0.2, -0.15) is 5.26 Å². The molecule has 0 amide bonds. The quantitative estimate of drug-likeness (QED) is 0.697. The van der Waals surface area contributed by atoms with Gasteiger partial charge in [-0.15, -0.1) is 0 Å². The molecule has 0 aliphatic carbocycles. The molecule has 2 aromatic carbocycles. The van der Waals surface area contributed by atoms with Crippen molar-refractivity contribution in [3.63, 3.8) is 0 Å². The van der Waals surface area contributed by atoms with Gasteiger partial charge in [0.2, 0.25) is 0 Å². The van der Waals surface area contributed by atoms with Gasteiger partial charge in [0.25, 0.3) is 0 Å². The Kier molecular flexibility index (Phi) is 5.48. The molecule has 2 heterocycles. The monoisotopic (exact) mass is 368 g/mol. The Labute approximate surface area is 166 Å². The van der Waals surface area contributed by atoms with Crippen LogP contribution in [0.2, 0.25) is 0 Å². The molecular formula is C24H24N4. The maximum Gasteiger partial charge on any atom is 0.101 e. The second-order valence-electron chi connectivity index (χ2n) is 7.37. The molecule has 0 saturated carbocycles. The van der Waals surface area contributed by atoms with E-state index in [0.29, 0.717) is 5.56 Å². The third-order valence-corrected chi connectivity index (χ3v) is 5.33. The van der Waals surface area contributed by atoms with Gasteiger partial charge < -0.3 is 4.90 Å². The SMILES string of the molecule is CN1CCN(Cc2ccc(-c3ncc(C#N)cc3-c3ccccc3)cc2)CC1. The molecule has 1 aliphatic rings. The third-order valence-electron chi connectivity index (χ3n) is 5.33. The second-order valence-corrected chi connectivity index (χ2v) is 7.37. The molecule has 4 nitrogen and oxygen atoms in total. The van der Waals surface area contributed by atoms with Gasteiger partial charge in [0, 0.05) is 50.0 Å². The van der Waals surface area contributed by atoms with E-state index in [1.54, 1.807) is 6.20 Å². The average molecular weight is 368 g/mol. The second kappa shape index (κ2) is 8.35. The summed E-state index contributed by atoms with van der Waals surface area (Å²) in [6, 6.07) is 23.0.